The van der Waals surface area contributed by atoms with E-state index in [0.717, 1.165) is 35.2 Å². The van der Waals surface area contributed by atoms with E-state index in [-0.39, 0.29) is 5.91 Å². The number of benzene rings is 2. The SMILES string of the molecule is Nc1c(C(=O)Nc2ccc(Cl)cc2)sc2nc3c(cc12)CC(c1ccccc1)CC3. The molecule has 0 aliphatic heterocycles. The molecule has 0 bridgehead atoms. The second-order valence-corrected chi connectivity index (χ2v) is 9.04. The molecule has 2 heterocycles. The zero-order chi connectivity index (χ0) is 20.7. The van der Waals surface area contributed by atoms with Gasteiger partial charge in [0.15, 0.2) is 0 Å². The summed E-state index contributed by atoms with van der Waals surface area (Å²) in [5, 5.41) is 4.38. The van der Waals surface area contributed by atoms with Gasteiger partial charge >= 0.3 is 0 Å². The molecule has 1 unspecified atom stereocenters. The third kappa shape index (κ3) is 3.55. The van der Waals surface area contributed by atoms with Crippen LogP contribution in [0.5, 0.6) is 0 Å². The highest BCUT2D eigenvalue weighted by molar-refractivity contribution is 7.21. The van der Waals surface area contributed by atoms with Crippen LogP contribution in [0.4, 0.5) is 11.4 Å². The van der Waals surface area contributed by atoms with Crippen LogP contribution in [0.25, 0.3) is 10.2 Å². The summed E-state index contributed by atoms with van der Waals surface area (Å²) in [5.74, 6) is 0.267. The molecule has 2 aromatic heterocycles. The Morgan fingerprint density at radius 2 is 1.90 bits per heavy atom. The first-order chi connectivity index (χ1) is 14.6. The first-order valence-corrected chi connectivity index (χ1v) is 11.1. The fraction of sp³-hybridized carbons (Fsp3) is 0.167. The molecular weight excluding hydrogens is 414 g/mol. The second-order valence-electron chi connectivity index (χ2n) is 7.60. The molecule has 3 N–H and O–H groups in total. The topological polar surface area (TPSA) is 68.0 Å². The number of pyridine rings is 1. The number of fused-ring (bicyclic) bond motifs is 2. The lowest BCUT2D eigenvalue weighted by Gasteiger charge is -2.24. The maximum atomic E-state index is 12.8. The van der Waals surface area contributed by atoms with Crippen molar-refractivity contribution in [1.29, 1.82) is 0 Å². The number of anilines is 2. The second kappa shape index (κ2) is 7.74. The Kier molecular flexibility index (Phi) is 4.93. The molecule has 5 rings (SSSR count). The molecule has 1 atom stereocenters. The summed E-state index contributed by atoms with van der Waals surface area (Å²) in [6.45, 7) is 0. The van der Waals surface area contributed by atoms with E-state index in [0.29, 0.717) is 27.2 Å². The molecule has 30 heavy (non-hydrogen) atoms. The molecule has 4 aromatic rings. The van der Waals surface area contributed by atoms with Gasteiger partial charge in [0.1, 0.15) is 9.71 Å². The summed E-state index contributed by atoms with van der Waals surface area (Å²) in [7, 11) is 0. The molecule has 1 aliphatic rings. The normalized spacial score (nSPS) is 15.7. The molecule has 1 amide bonds. The van der Waals surface area contributed by atoms with Gasteiger partial charge in [-0.25, -0.2) is 4.98 Å². The Morgan fingerprint density at radius 1 is 1.13 bits per heavy atom. The molecule has 0 saturated carbocycles. The Hall–Kier alpha value is -2.89. The van der Waals surface area contributed by atoms with Gasteiger partial charge in [-0.1, -0.05) is 41.9 Å². The largest absolute Gasteiger partial charge is 0.397 e. The number of hydrogen-bond acceptors (Lipinski definition) is 4. The number of hydrogen-bond donors (Lipinski definition) is 2. The number of amides is 1. The van der Waals surface area contributed by atoms with Crippen LogP contribution in [0.3, 0.4) is 0 Å². The van der Waals surface area contributed by atoms with Crippen LogP contribution in [0.1, 0.15) is 38.8 Å². The van der Waals surface area contributed by atoms with E-state index in [9.17, 15) is 4.79 Å². The lowest BCUT2D eigenvalue weighted by Crippen LogP contribution is -2.14. The van der Waals surface area contributed by atoms with Gasteiger partial charge < -0.3 is 11.1 Å². The van der Waals surface area contributed by atoms with Crippen LogP contribution >= 0.6 is 22.9 Å². The lowest BCUT2D eigenvalue weighted by molar-refractivity contribution is 0.103. The lowest BCUT2D eigenvalue weighted by atomic mass is 9.82. The number of aryl methyl sites for hydroxylation is 1. The fourth-order valence-corrected chi connectivity index (χ4v) is 5.21. The van der Waals surface area contributed by atoms with E-state index < -0.39 is 0 Å². The number of nitrogen functional groups attached to an aromatic ring is 1. The van der Waals surface area contributed by atoms with Crippen molar-refractivity contribution in [2.24, 2.45) is 0 Å². The van der Waals surface area contributed by atoms with Crippen molar-refractivity contribution in [3.63, 3.8) is 0 Å². The smallest absolute Gasteiger partial charge is 0.267 e. The molecule has 4 nitrogen and oxygen atoms in total. The Bertz CT molecular complexity index is 1240. The third-order valence-electron chi connectivity index (χ3n) is 5.66. The van der Waals surface area contributed by atoms with E-state index in [1.54, 1.807) is 24.3 Å². The summed E-state index contributed by atoms with van der Waals surface area (Å²) in [5.41, 5.74) is 11.3. The van der Waals surface area contributed by atoms with Crippen molar-refractivity contribution in [3.05, 3.63) is 87.4 Å². The predicted octanol–water partition coefficient (Wildman–Crippen LogP) is 6.06. The van der Waals surface area contributed by atoms with Crippen LogP contribution in [0, 0.1) is 0 Å². The van der Waals surface area contributed by atoms with E-state index in [1.807, 2.05) is 6.07 Å². The summed E-state index contributed by atoms with van der Waals surface area (Å²) >= 11 is 7.27. The number of carbonyl (C=O) groups is 1. The number of aromatic nitrogens is 1. The van der Waals surface area contributed by atoms with Crippen LogP contribution in [0.15, 0.2) is 60.7 Å². The molecule has 6 heteroatoms. The Labute approximate surface area is 183 Å². The standard InChI is InChI=1S/C24H20ClN3OS/c25-17-7-9-18(10-8-17)27-23(29)22-21(26)19-13-16-12-15(14-4-2-1-3-5-14)6-11-20(16)28-24(19)30-22/h1-5,7-10,13,15H,6,11-12,26H2,(H,27,29). The highest BCUT2D eigenvalue weighted by atomic mass is 35.5. The van der Waals surface area contributed by atoms with Gasteiger partial charge in [-0.15, -0.1) is 11.3 Å². The summed E-state index contributed by atoms with van der Waals surface area (Å²) < 4.78 is 0. The Balaban J connectivity index is 1.45. The summed E-state index contributed by atoms with van der Waals surface area (Å²) in [6, 6.07) is 19.8. The fourth-order valence-electron chi connectivity index (χ4n) is 4.09. The maximum absolute atomic E-state index is 12.8. The van der Waals surface area contributed by atoms with Crippen LogP contribution in [-0.2, 0) is 12.8 Å². The van der Waals surface area contributed by atoms with E-state index in [4.69, 9.17) is 22.3 Å². The molecule has 2 aromatic carbocycles. The van der Waals surface area contributed by atoms with Gasteiger partial charge in [0.2, 0.25) is 0 Å². The van der Waals surface area contributed by atoms with Crippen molar-refractivity contribution < 1.29 is 4.79 Å². The summed E-state index contributed by atoms with van der Waals surface area (Å²) in [6.07, 6.45) is 2.97. The van der Waals surface area contributed by atoms with Gasteiger partial charge in [0, 0.05) is 21.8 Å². The summed E-state index contributed by atoms with van der Waals surface area (Å²) in [4.78, 5) is 19.0. The van der Waals surface area contributed by atoms with Gasteiger partial charge in [-0.3, -0.25) is 4.79 Å². The van der Waals surface area contributed by atoms with Crippen LogP contribution < -0.4 is 11.1 Å². The van der Waals surface area contributed by atoms with Crippen molar-refractivity contribution >= 4 is 50.4 Å². The molecule has 0 fully saturated rings. The first-order valence-electron chi connectivity index (χ1n) is 9.91. The van der Waals surface area contributed by atoms with E-state index in [2.05, 4.69) is 35.6 Å². The van der Waals surface area contributed by atoms with Crippen molar-refractivity contribution in [3.8, 4) is 0 Å². The third-order valence-corrected chi connectivity index (χ3v) is 7.03. The number of nitrogens with two attached hydrogens (primary N) is 1. The minimum absolute atomic E-state index is 0.224. The number of rotatable bonds is 3. The Morgan fingerprint density at radius 3 is 2.67 bits per heavy atom. The quantitative estimate of drug-likeness (QED) is 0.412. The van der Waals surface area contributed by atoms with Gasteiger partial charge in [-0.05, 0) is 66.6 Å². The van der Waals surface area contributed by atoms with Crippen LogP contribution in [0.2, 0.25) is 5.02 Å². The monoisotopic (exact) mass is 433 g/mol. The van der Waals surface area contributed by atoms with Gasteiger partial charge in [0.05, 0.1) is 5.69 Å². The minimum Gasteiger partial charge on any atom is -0.397 e. The molecule has 150 valence electrons. The maximum Gasteiger partial charge on any atom is 0.267 e. The van der Waals surface area contributed by atoms with E-state index in [1.165, 1.54) is 22.5 Å². The van der Waals surface area contributed by atoms with Crippen molar-refractivity contribution in [2.75, 3.05) is 11.1 Å². The van der Waals surface area contributed by atoms with Gasteiger partial charge in [-0.2, -0.15) is 0 Å². The highest BCUT2D eigenvalue weighted by Gasteiger charge is 2.24. The van der Waals surface area contributed by atoms with Crippen LogP contribution in [-0.4, -0.2) is 10.9 Å². The van der Waals surface area contributed by atoms with E-state index >= 15 is 0 Å². The average Bonchev–Trinajstić information content (AvgIpc) is 3.09. The van der Waals surface area contributed by atoms with Gasteiger partial charge in [0.25, 0.3) is 5.91 Å². The van der Waals surface area contributed by atoms with Crippen molar-refractivity contribution in [2.45, 2.75) is 25.2 Å². The highest BCUT2D eigenvalue weighted by Crippen LogP contribution is 2.38. The van der Waals surface area contributed by atoms with Crippen molar-refractivity contribution in [1.82, 2.24) is 4.98 Å². The first kappa shape index (κ1) is 19.1. The molecule has 0 spiro atoms. The minimum atomic E-state index is -0.224. The molecule has 0 radical (unpaired) electrons. The number of halogens is 1. The number of carbonyl (C=O) groups excluding carboxylic acids is 1. The molecule has 0 saturated heterocycles. The molecular formula is C24H20ClN3OS. The molecule has 1 aliphatic carbocycles. The zero-order valence-electron chi connectivity index (χ0n) is 16.2. The average molecular weight is 434 g/mol. The number of thiophene rings is 1. The number of nitrogens with one attached hydrogen (secondary N) is 1. The number of nitrogens with zero attached hydrogens (tertiary/aromatic N) is 1. The zero-order valence-corrected chi connectivity index (χ0v) is 17.8. The predicted molar refractivity (Wildman–Crippen MR) is 125 cm³/mol.